The van der Waals surface area contributed by atoms with Gasteiger partial charge in [-0.15, -0.1) is 0 Å². The molecule has 0 aliphatic heterocycles. The summed E-state index contributed by atoms with van der Waals surface area (Å²) in [4.78, 5) is 33.5. The molecule has 1 rings (SSSR count). The average Bonchev–Trinajstić information content (AvgIpc) is 2.64. The Kier molecular flexibility index (Phi) is 4.69. The molecule has 18 heavy (non-hydrogen) atoms. The lowest BCUT2D eigenvalue weighted by atomic mass is 9.79. The van der Waals surface area contributed by atoms with Crippen LogP contribution >= 0.6 is 0 Å². The molecule has 0 aromatic rings. The summed E-state index contributed by atoms with van der Waals surface area (Å²) >= 11 is 0. The van der Waals surface area contributed by atoms with E-state index in [2.05, 4.69) is 5.32 Å². The zero-order chi connectivity index (χ0) is 13.8. The highest BCUT2D eigenvalue weighted by Crippen LogP contribution is 2.43. The number of amides is 2. The predicted octanol–water partition coefficient (Wildman–Crippen LogP) is 0.402. The molecule has 1 saturated carbocycles. The number of hydrogen-bond acceptors (Lipinski definition) is 3. The van der Waals surface area contributed by atoms with Crippen LogP contribution in [0, 0.1) is 5.41 Å². The van der Waals surface area contributed by atoms with E-state index in [9.17, 15) is 14.4 Å². The summed E-state index contributed by atoms with van der Waals surface area (Å²) in [5, 5.41) is 11.4. The minimum Gasteiger partial charge on any atom is -0.481 e. The Morgan fingerprint density at radius 2 is 1.83 bits per heavy atom. The van der Waals surface area contributed by atoms with E-state index in [1.807, 2.05) is 0 Å². The summed E-state index contributed by atoms with van der Waals surface area (Å²) < 4.78 is 0. The fourth-order valence-electron chi connectivity index (χ4n) is 2.57. The molecule has 0 aromatic carbocycles. The second-order valence-electron chi connectivity index (χ2n) is 5.15. The van der Waals surface area contributed by atoms with E-state index in [0.717, 1.165) is 25.7 Å². The van der Waals surface area contributed by atoms with Crippen molar-refractivity contribution in [3.05, 3.63) is 0 Å². The van der Waals surface area contributed by atoms with Gasteiger partial charge in [0.05, 0.1) is 6.42 Å². The van der Waals surface area contributed by atoms with Crippen LogP contribution < -0.4 is 11.1 Å². The van der Waals surface area contributed by atoms with E-state index < -0.39 is 23.3 Å². The summed E-state index contributed by atoms with van der Waals surface area (Å²) in [6.07, 6.45) is 3.55. The van der Waals surface area contributed by atoms with E-state index in [1.165, 1.54) is 6.92 Å². The van der Waals surface area contributed by atoms with Crippen molar-refractivity contribution in [1.82, 2.24) is 5.32 Å². The molecular weight excluding hydrogens is 236 g/mol. The number of nitrogens with one attached hydrogen (secondary N) is 1. The monoisotopic (exact) mass is 256 g/mol. The number of carboxylic acids is 1. The van der Waals surface area contributed by atoms with Crippen LogP contribution in [-0.2, 0) is 14.4 Å². The molecule has 4 N–H and O–H groups in total. The lowest BCUT2D eigenvalue weighted by molar-refractivity contribution is -0.140. The Hall–Kier alpha value is -1.59. The van der Waals surface area contributed by atoms with Crippen molar-refractivity contribution in [1.29, 1.82) is 0 Å². The van der Waals surface area contributed by atoms with Gasteiger partial charge in [-0.2, -0.15) is 0 Å². The number of aliphatic carboxylic acids is 1. The summed E-state index contributed by atoms with van der Waals surface area (Å²) in [6.45, 7) is 1.51. The van der Waals surface area contributed by atoms with Gasteiger partial charge in [0.25, 0.3) is 0 Å². The van der Waals surface area contributed by atoms with Crippen LogP contribution in [0.2, 0.25) is 0 Å². The summed E-state index contributed by atoms with van der Waals surface area (Å²) in [6, 6.07) is -0.721. The van der Waals surface area contributed by atoms with Crippen molar-refractivity contribution in [2.24, 2.45) is 11.1 Å². The van der Waals surface area contributed by atoms with E-state index in [-0.39, 0.29) is 18.7 Å². The van der Waals surface area contributed by atoms with Crippen molar-refractivity contribution in [3.63, 3.8) is 0 Å². The third-order valence-electron chi connectivity index (χ3n) is 3.53. The fourth-order valence-corrected chi connectivity index (χ4v) is 2.57. The van der Waals surface area contributed by atoms with Crippen molar-refractivity contribution in [2.75, 3.05) is 0 Å². The van der Waals surface area contributed by atoms with E-state index >= 15 is 0 Å². The molecule has 102 valence electrons. The molecule has 0 radical (unpaired) electrons. The molecule has 1 unspecified atom stereocenters. The Labute approximate surface area is 106 Å². The molecule has 0 saturated heterocycles. The standard InChI is InChI=1S/C12H20N2O4/c1-8(11(13)18)14-9(15)6-12(7-10(16)17)4-2-3-5-12/h8H,2-7H2,1H3,(H2,13,18)(H,14,15)(H,16,17). The quantitative estimate of drug-likeness (QED) is 0.639. The van der Waals surface area contributed by atoms with Gasteiger partial charge >= 0.3 is 5.97 Å². The molecule has 1 fully saturated rings. The molecule has 0 heterocycles. The minimum absolute atomic E-state index is 0.00533. The van der Waals surface area contributed by atoms with Crippen molar-refractivity contribution in [2.45, 2.75) is 51.5 Å². The molecular formula is C12H20N2O4. The van der Waals surface area contributed by atoms with Crippen LogP contribution in [0.1, 0.15) is 45.4 Å². The summed E-state index contributed by atoms with van der Waals surface area (Å²) in [7, 11) is 0. The molecule has 0 bridgehead atoms. The molecule has 6 nitrogen and oxygen atoms in total. The summed E-state index contributed by atoms with van der Waals surface area (Å²) in [5.41, 5.74) is 4.61. The van der Waals surface area contributed by atoms with Gasteiger partial charge in [0.2, 0.25) is 11.8 Å². The number of nitrogens with two attached hydrogens (primary N) is 1. The minimum atomic E-state index is -0.882. The smallest absolute Gasteiger partial charge is 0.303 e. The lowest BCUT2D eigenvalue weighted by Gasteiger charge is -2.26. The second-order valence-corrected chi connectivity index (χ2v) is 5.15. The highest BCUT2D eigenvalue weighted by molar-refractivity contribution is 5.86. The number of carbonyl (C=O) groups excluding carboxylic acids is 2. The molecule has 2 amide bonds. The van der Waals surface area contributed by atoms with Crippen LogP contribution in [0.15, 0.2) is 0 Å². The number of primary amides is 1. The maximum Gasteiger partial charge on any atom is 0.303 e. The first kappa shape index (κ1) is 14.5. The van der Waals surface area contributed by atoms with Crippen LogP contribution in [0.5, 0.6) is 0 Å². The van der Waals surface area contributed by atoms with E-state index in [0.29, 0.717) is 0 Å². The molecule has 1 atom stereocenters. The van der Waals surface area contributed by atoms with Gasteiger partial charge in [0, 0.05) is 6.42 Å². The first-order valence-corrected chi connectivity index (χ1v) is 6.15. The Morgan fingerprint density at radius 3 is 2.28 bits per heavy atom. The fraction of sp³-hybridized carbons (Fsp3) is 0.750. The van der Waals surface area contributed by atoms with Gasteiger partial charge in [0.1, 0.15) is 6.04 Å². The second kappa shape index (κ2) is 5.84. The third kappa shape index (κ3) is 4.01. The van der Waals surface area contributed by atoms with Crippen molar-refractivity contribution < 1.29 is 19.5 Å². The largest absolute Gasteiger partial charge is 0.481 e. The Bertz CT molecular complexity index is 348. The molecule has 0 aromatic heterocycles. The zero-order valence-corrected chi connectivity index (χ0v) is 10.6. The van der Waals surface area contributed by atoms with E-state index in [1.54, 1.807) is 0 Å². The van der Waals surface area contributed by atoms with Gasteiger partial charge in [0.15, 0.2) is 0 Å². The first-order valence-electron chi connectivity index (χ1n) is 6.15. The van der Waals surface area contributed by atoms with Gasteiger partial charge in [-0.1, -0.05) is 12.8 Å². The maximum absolute atomic E-state index is 11.8. The van der Waals surface area contributed by atoms with Gasteiger partial charge in [-0.05, 0) is 25.2 Å². The van der Waals surface area contributed by atoms with Gasteiger partial charge < -0.3 is 16.2 Å². The first-order chi connectivity index (χ1) is 8.34. The van der Waals surface area contributed by atoms with Crippen LogP contribution in [0.25, 0.3) is 0 Å². The Morgan fingerprint density at radius 1 is 1.28 bits per heavy atom. The van der Waals surface area contributed by atoms with Crippen LogP contribution in [0.3, 0.4) is 0 Å². The van der Waals surface area contributed by atoms with E-state index in [4.69, 9.17) is 10.8 Å². The van der Waals surface area contributed by atoms with Gasteiger partial charge in [-0.3, -0.25) is 14.4 Å². The van der Waals surface area contributed by atoms with Crippen molar-refractivity contribution in [3.8, 4) is 0 Å². The summed E-state index contributed by atoms with van der Waals surface area (Å²) in [5.74, 6) is -1.78. The Balaban J connectivity index is 2.58. The van der Waals surface area contributed by atoms with Crippen LogP contribution in [-0.4, -0.2) is 28.9 Å². The molecule has 6 heteroatoms. The van der Waals surface area contributed by atoms with Gasteiger partial charge in [-0.25, -0.2) is 0 Å². The predicted molar refractivity (Wildman–Crippen MR) is 64.6 cm³/mol. The average molecular weight is 256 g/mol. The number of rotatable bonds is 6. The third-order valence-corrected chi connectivity index (χ3v) is 3.53. The topological polar surface area (TPSA) is 109 Å². The highest BCUT2D eigenvalue weighted by atomic mass is 16.4. The lowest BCUT2D eigenvalue weighted by Crippen LogP contribution is -2.43. The normalized spacial score (nSPS) is 19.2. The number of carboxylic acid groups (broad SMARTS) is 1. The number of hydrogen-bond donors (Lipinski definition) is 3. The highest BCUT2D eigenvalue weighted by Gasteiger charge is 2.38. The van der Waals surface area contributed by atoms with Crippen LogP contribution in [0.4, 0.5) is 0 Å². The zero-order valence-electron chi connectivity index (χ0n) is 10.6. The SMILES string of the molecule is CC(NC(=O)CC1(CC(=O)O)CCCC1)C(N)=O. The molecule has 1 aliphatic carbocycles. The molecule has 0 spiro atoms. The maximum atomic E-state index is 11.8. The number of carbonyl (C=O) groups is 3. The molecule has 1 aliphatic rings. The van der Waals surface area contributed by atoms with Crippen molar-refractivity contribution >= 4 is 17.8 Å².